The van der Waals surface area contributed by atoms with E-state index >= 15 is 0 Å². The lowest BCUT2D eigenvalue weighted by Crippen LogP contribution is -2.48. The molecule has 130 valence electrons. The summed E-state index contributed by atoms with van der Waals surface area (Å²) in [5.74, 6) is 0.590. The third-order valence-electron chi connectivity index (χ3n) is 4.45. The number of rotatable bonds is 5. The molecule has 2 fully saturated rings. The molecule has 2 bridgehead atoms. The third kappa shape index (κ3) is 3.74. The Hall–Kier alpha value is -1.02. The molecule has 2 heterocycles. The lowest BCUT2D eigenvalue weighted by atomic mass is 10.0. The van der Waals surface area contributed by atoms with Crippen LogP contribution in [-0.2, 0) is 10.0 Å². The molecular weight excluding hydrogens is 340 g/mol. The molecule has 3 rings (SSSR count). The van der Waals surface area contributed by atoms with Crippen molar-refractivity contribution in [1.29, 1.82) is 0 Å². The summed E-state index contributed by atoms with van der Waals surface area (Å²) in [5, 5.41) is 3.51. The minimum absolute atomic E-state index is 0. The van der Waals surface area contributed by atoms with Gasteiger partial charge in [0.15, 0.2) is 4.90 Å². The van der Waals surface area contributed by atoms with E-state index < -0.39 is 10.0 Å². The van der Waals surface area contributed by atoms with Crippen molar-refractivity contribution in [3.63, 3.8) is 0 Å². The first-order valence-corrected chi connectivity index (χ1v) is 9.01. The Balaban J connectivity index is 0.00000192. The van der Waals surface area contributed by atoms with Gasteiger partial charge in [0, 0.05) is 18.1 Å². The summed E-state index contributed by atoms with van der Waals surface area (Å²) in [6.07, 6.45) is 3.90. The van der Waals surface area contributed by atoms with Crippen LogP contribution in [0.3, 0.4) is 0 Å². The zero-order chi connectivity index (χ0) is 15.7. The highest BCUT2D eigenvalue weighted by atomic mass is 35.5. The molecule has 0 radical (unpaired) electrons. The van der Waals surface area contributed by atoms with Crippen LogP contribution in [0.5, 0.6) is 11.5 Å². The Morgan fingerprint density at radius 1 is 1.09 bits per heavy atom. The van der Waals surface area contributed by atoms with Crippen LogP contribution >= 0.6 is 12.4 Å². The topological polar surface area (TPSA) is 76.7 Å². The molecule has 6 nitrogen and oxygen atoms in total. The second-order valence-corrected chi connectivity index (χ2v) is 7.57. The molecule has 0 aromatic heterocycles. The van der Waals surface area contributed by atoms with E-state index in [-0.39, 0.29) is 23.3 Å². The van der Waals surface area contributed by atoms with Crippen LogP contribution in [0.25, 0.3) is 0 Å². The highest BCUT2D eigenvalue weighted by molar-refractivity contribution is 7.89. The highest BCUT2D eigenvalue weighted by Gasteiger charge is 2.36. The molecule has 0 saturated carbocycles. The van der Waals surface area contributed by atoms with Gasteiger partial charge in [-0.25, -0.2) is 13.1 Å². The maximum Gasteiger partial charge on any atom is 0.248 e. The Bertz CT molecular complexity index is 619. The van der Waals surface area contributed by atoms with Crippen LogP contribution in [-0.4, -0.2) is 40.8 Å². The highest BCUT2D eigenvalue weighted by Crippen LogP contribution is 2.34. The van der Waals surface area contributed by atoms with Gasteiger partial charge in [-0.15, -0.1) is 12.4 Å². The number of hydrogen-bond acceptors (Lipinski definition) is 5. The van der Waals surface area contributed by atoms with E-state index in [2.05, 4.69) is 10.0 Å². The smallest absolute Gasteiger partial charge is 0.248 e. The lowest BCUT2D eigenvalue weighted by Gasteiger charge is -2.29. The Morgan fingerprint density at radius 2 is 1.61 bits per heavy atom. The van der Waals surface area contributed by atoms with E-state index in [4.69, 9.17) is 9.47 Å². The molecule has 0 aliphatic carbocycles. The average molecular weight is 363 g/mol. The van der Waals surface area contributed by atoms with Gasteiger partial charge in [-0.3, -0.25) is 0 Å². The van der Waals surface area contributed by atoms with Crippen molar-refractivity contribution in [2.75, 3.05) is 14.2 Å². The molecule has 2 atom stereocenters. The summed E-state index contributed by atoms with van der Waals surface area (Å²) >= 11 is 0. The normalized spacial score (nSPS) is 26.4. The minimum atomic E-state index is -3.69. The summed E-state index contributed by atoms with van der Waals surface area (Å²) in [6, 6.07) is 5.77. The molecule has 1 aromatic rings. The number of benzene rings is 1. The van der Waals surface area contributed by atoms with Gasteiger partial charge in [-0.2, -0.15) is 0 Å². The number of fused-ring (bicyclic) bond motifs is 2. The van der Waals surface area contributed by atoms with Crippen molar-refractivity contribution >= 4 is 22.4 Å². The van der Waals surface area contributed by atoms with Crippen LogP contribution in [0, 0.1) is 0 Å². The van der Waals surface area contributed by atoms with E-state index in [1.807, 2.05) is 0 Å². The number of nitrogens with one attached hydrogen (secondary N) is 2. The molecular formula is C15H23ClN2O4S. The quantitative estimate of drug-likeness (QED) is 0.833. The molecule has 1 aromatic carbocycles. The van der Waals surface area contributed by atoms with E-state index in [1.54, 1.807) is 18.2 Å². The zero-order valence-corrected chi connectivity index (χ0v) is 14.9. The summed E-state index contributed by atoms with van der Waals surface area (Å²) < 4.78 is 38.9. The molecule has 0 spiro atoms. The van der Waals surface area contributed by atoms with Crippen molar-refractivity contribution in [2.24, 2.45) is 0 Å². The van der Waals surface area contributed by atoms with Crippen molar-refractivity contribution in [3.8, 4) is 11.5 Å². The second-order valence-electron chi connectivity index (χ2n) is 5.92. The Kier molecular flexibility index (Phi) is 5.78. The SMILES string of the molecule is COc1cccc(OC)c1S(=O)(=O)NC1CC2CCC(C1)N2.Cl. The first kappa shape index (κ1) is 18.3. The van der Waals surface area contributed by atoms with Crippen LogP contribution < -0.4 is 19.5 Å². The van der Waals surface area contributed by atoms with Crippen LogP contribution in [0.4, 0.5) is 0 Å². The van der Waals surface area contributed by atoms with Crippen LogP contribution in [0.1, 0.15) is 25.7 Å². The number of piperidine rings is 1. The Morgan fingerprint density at radius 3 is 2.09 bits per heavy atom. The molecule has 2 saturated heterocycles. The van der Waals surface area contributed by atoms with Gasteiger partial charge in [0.05, 0.1) is 14.2 Å². The van der Waals surface area contributed by atoms with E-state index in [0.29, 0.717) is 23.6 Å². The largest absolute Gasteiger partial charge is 0.495 e. The molecule has 2 unspecified atom stereocenters. The Labute approximate surface area is 143 Å². The van der Waals surface area contributed by atoms with Gasteiger partial charge in [-0.05, 0) is 37.8 Å². The maximum atomic E-state index is 12.8. The third-order valence-corrected chi connectivity index (χ3v) is 6.03. The van der Waals surface area contributed by atoms with Gasteiger partial charge in [0.25, 0.3) is 0 Å². The number of hydrogen-bond donors (Lipinski definition) is 2. The maximum absolute atomic E-state index is 12.8. The van der Waals surface area contributed by atoms with Crippen molar-refractivity contribution < 1.29 is 17.9 Å². The monoisotopic (exact) mass is 362 g/mol. The molecule has 2 N–H and O–H groups in total. The van der Waals surface area contributed by atoms with Crippen molar-refractivity contribution in [1.82, 2.24) is 10.0 Å². The number of ether oxygens (including phenoxy) is 2. The van der Waals surface area contributed by atoms with Gasteiger partial charge in [-0.1, -0.05) is 6.07 Å². The average Bonchev–Trinajstić information content (AvgIpc) is 2.84. The fraction of sp³-hybridized carbons (Fsp3) is 0.600. The summed E-state index contributed by atoms with van der Waals surface area (Å²) in [7, 11) is -0.778. The van der Waals surface area contributed by atoms with Crippen molar-refractivity contribution in [3.05, 3.63) is 18.2 Å². The lowest BCUT2D eigenvalue weighted by molar-refractivity contribution is 0.342. The van der Waals surface area contributed by atoms with Crippen molar-refractivity contribution in [2.45, 2.75) is 48.7 Å². The standard InChI is InChI=1S/C15H22N2O4S.ClH/c1-20-13-4-3-5-14(21-2)15(13)22(18,19)17-12-8-10-6-7-11(9-12)16-10;/h3-5,10-12,16-17H,6-9H2,1-2H3;1H. The first-order chi connectivity index (χ1) is 10.5. The van der Waals surface area contributed by atoms with Gasteiger partial charge in [0.1, 0.15) is 11.5 Å². The molecule has 23 heavy (non-hydrogen) atoms. The predicted octanol–water partition coefficient (Wildman–Crippen LogP) is 1.69. The zero-order valence-electron chi connectivity index (χ0n) is 13.2. The molecule has 8 heteroatoms. The van der Waals surface area contributed by atoms with Crippen LogP contribution in [0.15, 0.2) is 23.1 Å². The van der Waals surface area contributed by atoms with Gasteiger partial charge in [0.2, 0.25) is 10.0 Å². The molecule has 2 aliphatic rings. The number of sulfonamides is 1. The van der Waals surface area contributed by atoms with E-state index in [9.17, 15) is 8.42 Å². The fourth-order valence-electron chi connectivity index (χ4n) is 3.51. The number of methoxy groups -OCH3 is 2. The van der Waals surface area contributed by atoms with Gasteiger partial charge >= 0.3 is 0 Å². The molecule has 2 aliphatic heterocycles. The second kappa shape index (κ2) is 7.25. The fourth-order valence-corrected chi connectivity index (χ4v) is 5.10. The summed E-state index contributed by atoms with van der Waals surface area (Å²) in [4.78, 5) is 0.0749. The van der Waals surface area contributed by atoms with Gasteiger partial charge < -0.3 is 14.8 Å². The minimum Gasteiger partial charge on any atom is -0.495 e. The summed E-state index contributed by atoms with van der Waals surface area (Å²) in [5.41, 5.74) is 0. The van der Waals surface area contributed by atoms with Crippen LogP contribution in [0.2, 0.25) is 0 Å². The predicted molar refractivity (Wildman–Crippen MR) is 90.1 cm³/mol. The first-order valence-electron chi connectivity index (χ1n) is 7.53. The summed E-state index contributed by atoms with van der Waals surface area (Å²) in [6.45, 7) is 0. The molecule has 0 amide bonds. The van der Waals surface area contributed by atoms with E-state index in [1.165, 1.54) is 14.2 Å². The van der Waals surface area contributed by atoms with E-state index in [0.717, 1.165) is 25.7 Å². The number of halogens is 1.